The number of hydroxylamine groups is 1. The summed E-state index contributed by atoms with van der Waals surface area (Å²) in [5.74, 6) is 0.607. The summed E-state index contributed by atoms with van der Waals surface area (Å²) in [6.45, 7) is 8.04. The molecule has 0 spiro atoms. The highest BCUT2D eigenvalue weighted by Crippen LogP contribution is 2.34. The number of aromatic amines is 1. The minimum atomic E-state index is -0.803. The van der Waals surface area contributed by atoms with E-state index in [2.05, 4.69) is 54.0 Å². The molecule has 13 nitrogen and oxygen atoms in total. The Kier molecular flexibility index (Phi) is 10.4. The SMILES string of the molecule is C=C/C=C(\C=C/NO)c1n[nH]c2ccc(NC(=O)[C@]3(COC)CCN(CC(=O)N4CCN(c5ccc(-c6ncccn6)cc5)CC4)C3)cc12. The van der Waals surface area contributed by atoms with Crippen molar-refractivity contribution >= 4 is 39.7 Å². The van der Waals surface area contributed by atoms with E-state index in [1.165, 1.54) is 6.20 Å². The third-order valence-electron chi connectivity index (χ3n) is 9.11. The van der Waals surface area contributed by atoms with Gasteiger partial charge >= 0.3 is 0 Å². The minimum absolute atomic E-state index is 0.0663. The lowest BCUT2D eigenvalue weighted by molar-refractivity contribution is -0.133. The first-order valence-corrected chi connectivity index (χ1v) is 16.2. The number of piperazine rings is 1. The number of fused-ring (bicyclic) bond motifs is 1. The van der Waals surface area contributed by atoms with Crippen molar-refractivity contribution in [3.05, 3.63) is 97.6 Å². The number of carbonyl (C=O) groups is 2. The van der Waals surface area contributed by atoms with Gasteiger partial charge < -0.3 is 19.9 Å². The molecule has 4 N–H and O–H groups in total. The van der Waals surface area contributed by atoms with Gasteiger partial charge in [-0.1, -0.05) is 18.7 Å². The van der Waals surface area contributed by atoms with Crippen LogP contribution in [0.2, 0.25) is 0 Å². The van der Waals surface area contributed by atoms with Gasteiger partial charge in [-0.3, -0.25) is 30.3 Å². The van der Waals surface area contributed by atoms with Gasteiger partial charge in [0.05, 0.1) is 24.1 Å². The number of nitrogens with zero attached hydrogens (tertiary/aromatic N) is 6. The van der Waals surface area contributed by atoms with Crippen molar-refractivity contribution in [2.45, 2.75) is 6.42 Å². The molecule has 0 saturated carbocycles. The van der Waals surface area contributed by atoms with Crippen molar-refractivity contribution in [2.75, 3.05) is 69.7 Å². The average Bonchev–Trinajstić information content (AvgIpc) is 3.75. The second kappa shape index (κ2) is 15.2. The fourth-order valence-electron chi connectivity index (χ4n) is 6.56. The molecule has 4 aromatic rings. The smallest absolute Gasteiger partial charge is 0.236 e. The molecule has 6 rings (SSSR count). The van der Waals surface area contributed by atoms with Gasteiger partial charge in [0, 0.05) is 86.3 Å². The molecule has 2 saturated heterocycles. The summed E-state index contributed by atoms with van der Waals surface area (Å²) in [7, 11) is 1.59. The third-order valence-corrected chi connectivity index (χ3v) is 9.11. The molecule has 2 aliphatic rings. The molecule has 254 valence electrons. The van der Waals surface area contributed by atoms with Gasteiger partial charge in [0.1, 0.15) is 5.69 Å². The van der Waals surface area contributed by atoms with E-state index in [9.17, 15) is 9.59 Å². The Hall–Kier alpha value is -5.37. The normalized spacial score (nSPS) is 18.7. The molecule has 13 heteroatoms. The molecule has 2 amide bonds. The molecule has 0 radical (unpaired) electrons. The summed E-state index contributed by atoms with van der Waals surface area (Å²) in [6, 6.07) is 15.6. The Labute approximate surface area is 284 Å². The van der Waals surface area contributed by atoms with Gasteiger partial charge in [0.15, 0.2) is 5.82 Å². The maximum Gasteiger partial charge on any atom is 0.236 e. The van der Waals surface area contributed by atoms with Crippen LogP contribution in [0.5, 0.6) is 0 Å². The monoisotopic (exact) mass is 663 g/mol. The molecule has 0 bridgehead atoms. The van der Waals surface area contributed by atoms with Crippen molar-refractivity contribution in [2.24, 2.45) is 5.41 Å². The zero-order valence-corrected chi connectivity index (χ0v) is 27.5. The number of ether oxygens (including phenoxy) is 1. The summed E-state index contributed by atoms with van der Waals surface area (Å²) >= 11 is 0. The molecular weight excluding hydrogens is 622 g/mol. The van der Waals surface area contributed by atoms with Crippen LogP contribution in [0, 0.1) is 5.41 Å². The quantitative estimate of drug-likeness (QED) is 0.130. The van der Waals surface area contributed by atoms with Crippen molar-refractivity contribution in [1.82, 2.24) is 35.4 Å². The predicted octanol–water partition coefficient (Wildman–Crippen LogP) is 3.71. The molecule has 2 aromatic heterocycles. The number of aromatic nitrogens is 4. The second-order valence-electron chi connectivity index (χ2n) is 12.3. The van der Waals surface area contributed by atoms with Crippen LogP contribution in [-0.4, -0.2) is 107 Å². The topological polar surface area (TPSA) is 152 Å². The highest BCUT2D eigenvalue weighted by molar-refractivity contribution is 6.00. The van der Waals surface area contributed by atoms with E-state index in [1.807, 2.05) is 40.7 Å². The van der Waals surface area contributed by atoms with Crippen molar-refractivity contribution in [3.63, 3.8) is 0 Å². The van der Waals surface area contributed by atoms with Crippen LogP contribution in [0.25, 0.3) is 27.9 Å². The van der Waals surface area contributed by atoms with E-state index in [0.717, 1.165) is 35.2 Å². The molecular formula is C36H41N9O4. The fraction of sp³-hybridized carbons (Fsp3) is 0.306. The van der Waals surface area contributed by atoms with E-state index in [0.29, 0.717) is 55.4 Å². The molecule has 1 atom stereocenters. The van der Waals surface area contributed by atoms with E-state index < -0.39 is 5.41 Å². The molecule has 0 aliphatic carbocycles. The van der Waals surface area contributed by atoms with Crippen LogP contribution in [0.4, 0.5) is 11.4 Å². The summed E-state index contributed by atoms with van der Waals surface area (Å²) in [5, 5.41) is 20.4. The summed E-state index contributed by atoms with van der Waals surface area (Å²) < 4.78 is 5.56. The Morgan fingerprint density at radius 3 is 2.57 bits per heavy atom. The molecule has 4 heterocycles. The lowest BCUT2D eigenvalue weighted by atomic mass is 9.87. The van der Waals surface area contributed by atoms with Gasteiger partial charge in [0.2, 0.25) is 11.8 Å². The number of anilines is 2. The van der Waals surface area contributed by atoms with Crippen LogP contribution in [0.1, 0.15) is 12.1 Å². The van der Waals surface area contributed by atoms with Crippen molar-refractivity contribution in [3.8, 4) is 11.4 Å². The van der Waals surface area contributed by atoms with Crippen LogP contribution in [-0.2, 0) is 14.3 Å². The molecule has 2 fully saturated rings. The number of carbonyl (C=O) groups excluding carboxylic acids is 2. The van der Waals surface area contributed by atoms with Crippen LogP contribution >= 0.6 is 0 Å². The van der Waals surface area contributed by atoms with E-state index in [-0.39, 0.29) is 25.0 Å². The number of likely N-dealkylation sites (tertiary alicyclic amines) is 1. The first-order chi connectivity index (χ1) is 23.9. The molecule has 2 aromatic carbocycles. The maximum atomic E-state index is 13.8. The lowest BCUT2D eigenvalue weighted by Crippen LogP contribution is -2.51. The zero-order chi connectivity index (χ0) is 34.2. The van der Waals surface area contributed by atoms with Gasteiger partial charge in [-0.2, -0.15) is 5.10 Å². The zero-order valence-electron chi connectivity index (χ0n) is 27.5. The minimum Gasteiger partial charge on any atom is -0.384 e. The standard InChI is InChI=1S/C36H41N9O4/c1-3-5-26(12-16-39-48)33-30-22-28(8-11-31(30)41-42-33)40-35(47)36(25-49-2)13-17-43(24-36)23-32(46)45-20-18-44(19-21-45)29-9-6-27(7-10-29)34-37-14-4-15-38-34/h3-12,14-16,22,39,48H,1,13,17-21,23-25H2,2H3,(H,40,47)(H,41,42)/b16-12-,26-5+/t36-/m1/s1. The van der Waals surface area contributed by atoms with Crippen LogP contribution in [0.15, 0.2) is 91.9 Å². The second-order valence-corrected chi connectivity index (χ2v) is 12.3. The Morgan fingerprint density at radius 2 is 1.86 bits per heavy atom. The number of nitrogens with one attached hydrogen (secondary N) is 3. The van der Waals surface area contributed by atoms with Gasteiger partial charge in [-0.15, -0.1) is 0 Å². The number of H-pyrrole nitrogens is 1. The summed E-state index contributed by atoms with van der Waals surface area (Å²) in [5.41, 5.74) is 6.04. The number of allylic oxidation sites excluding steroid dienone is 4. The number of rotatable bonds is 12. The highest BCUT2D eigenvalue weighted by Gasteiger charge is 2.45. The Morgan fingerprint density at radius 1 is 1.08 bits per heavy atom. The Bertz CT molecular complexity index is 1830. The fourth-order valence-corrected chi connectivity index (χ4v) is 6.56. The Balaban J connectivity index is 1.05. The van der Waals surface area contributed by atoms with E-state index >= 15 is 0 Å². The molecule has 0 unspecified atom stereocenters. The predicted molar refractivity (Wildman–Crippen MR) is 189 cm³/mol. The van der Waals surface area contributed by atoms with Gasteiger partial charge in [-0.05, 0) is 67.6 Å². The van der Waals surface area contributed by atoms with Crippen molar-refractivity contribution < 1.29 is 19.5 Å². The van der Waals surface area contributed by atoms with Crippen molar-refractivity contribution in [1.29, 1.82) is 0 Å². The molecule has 2 aliphatic heterocycles. The average molecular weight is 664 g/mol. The number of hydrogen-bond donors (Lipinski definition) is 4. The maximum absolute atomic E-state index is 13.8. The van der Waals surface area contributed by atoms with Gasteiger partial charge in [-0.25, -0.2) is 9.97 Å². The lowest BCUT2D eigenvalue weighted by Gasteiger charge is -2.37. The molecule has 49 heavy (non-hydrogen) atoms. The largest absolute Gasteiger partial charge is 0.384 e. The number of benzene rings is 2. The van der Waals surface area contributed by atoms with Crippen LogP contribution < -0.4 is 15.7 Å². The first kappa shape index (κ1) is 33.5. The third kappa shape index (κ3) is 7.54. The summed E-state index contributed by atoms with van der Waals surface area (Å²) in [4.78, 5) is 42.2. The summed E-state index contributed by atoms with van der Waals surface area (Å²) in [6.07, 6.45) is 10.5. The number of methoxy groups -OCH3 is 1. The first-order valence-electron chi connectivity index (χ1n) is 16.2. The van der Waals surface area contributed by atoms with Crippen LogP contribution in [0.3, 0.4) is 0 Å². The van der Waals surface area contributed by atoms with Gasteiger partial charge in [0.25, 0.3) is 0 Å². The number of amides is 2. The van der Waals surface area contributed by atoms with E-state index in [4.69, 9.17) is 9.94 Å². The highest BCUT2D eigenvalue weighted by atomic mass is 16.5. The number of hydrogen-bond acceptors (Lipinski definition) is 10. The van der Waals surface area contributed by atoms with E-state index in [1.54, 1.807) is 43.8 Å².